The smallest absolute Gasteiger partial charge is 0.260 e. The molecule has 0 saturated carbocycles. The molecular formula is C21H30N4O3. The van der Waals surface area contributed by atoms with Crippen LogP contribution < -0.4 is 4.74 Å². The van der Waals surface area contributed by atoms with E-state index in [0.29, 0.717) is 24.8 Å². The van der Waals surface area contributed by atoms with E-state index in [1.54, 1.807) is 0 Å². The average Bonchev–Trinajstić information content (AvgIpc) is 3.12. The van der Waals surface area contributed by atoms with Crippen molar-refractivity contribution in [2.75, 3.05) is 19.7 Å². The number of aliphatic hydroxyl groups excluding tert-OH is 1. The fourth-order valence-corrected chi connectivity index (χ4v) is 3.73. The molecule has 7 heteroatoms. The van der Waals surface area contributed by atoms with E-state index in [4.69, 9.17) is 4.74 Å². The normalized spacial score (nSPS) is 16.2. The second kappa shape index (κ2) is 9.19. The third-order valence-electron chi connectivity index (χ3n) is 5.77. The van der Waals surface area contributed by atoms with Crippen molar-refractivity contribution in [3.05, 3.63) is 41.5 Å². The molecule has 1 amide bonds. The number of hydrogen-bond acceptors (Lipinski definition) is 5. The van der Waals surface area contributed by atoms with E-state index in [1.165, 1.54) is 0 Å². The Labute approximate surface area is 166 Å². The maximum Gasteiger partial charge on any atom is 0.260 e. The van der Waals surface area contributed by atoms with Crippen molar-refractivity contribution >= 4 is 5.91 Å². The minimum atomic E-state index is -0.115. The molecule has 152 valence electrons. The Morgan fingerprint density at radius 2 is 2.00 bits per heavy atom. The molecule has 1 aliphatic heterocycles. The van der Waals surface area contributed by atoms with Gasteiger partial charge < -0.3 is 19.3 Å². The summed E-state index contributed by atoms with van der Waals surface area (Å²) >= 11 is 0. The molecule has 3 rings (SSSR count). The van der Waals surface area contributed by atoms with Gasteiger partial charge in [0.1, 0.15) is 18.2 Å². The van der Waals surface area contributed by atoms with Gasteiger partial charge in [0.05, 0.1) is 0 Å². The van der Waals surface area contributed by atoms with E-state index in [-0.39, 0.29) is 25.0 Å². The molecule has 2 heterocycles. The Hall–Kier alpha value is -2.41. The van der Waals surface area contributed by atoms with Crippen molar-refractivity contribution in [2.45, 2.75) is 51.6 Å². The molecule has 1 N–H and O–H groups in total. The molecule has 1 aromatic heterocycles. The number of hydrogen-bond donors (Lipinski definition) is 1. The molecule has 0 radical (unpaired) electrons. The van der Waals surface area contributed by atoms with Crippen LogP contribution in [0, 0.1) is 0 Å². The lowest BCUT2D eigenvalue weighted by Crippen LogP contribution is -2.40. The van der Waals surface area contributed by atoms with Crippen LogP contribution in [0.25, 0.3) is 0 Å². The summed E-state index contributed by atoms with van der Waals surface area (Å²) in [5.74, 6) is 2.94. The summed E-state index contributed by atoms with van der Waals surface area (Å²) in [5.41, 5.74) is 1.15. The molecule has 28 heavy (non-hydrogen) atoms. The second-order valence-corrected chi connectivity index (χ2v) is 7.48. The first-order chi connectivity index (χ1) is 13.5. The number of likely N-dealkylation sites (tertiary alicyclic amines) is 1. The summed E-state index contributed by atoms with van der Waals surface area (Å²) in [4.78, 5) is 14.5. The predicted molar refractivity (Wildman–Crippen MR) is 106 cm³/mol. The number of rotatable bonds is 7. The molecule has 1 atom stereocenters. The highest BCUT2D eigenvalue weighted by Gasteiger charge is 2.27. The Bertz CT molecular complexity index is 797. The van der Waals surface area contributed by atoms with Gasteiger partial charge in [0.2, 0.25) is 0 Å². The molecule has 1 aliphatic rings. The van der Waals surface area contributed by atoms with Gasteiger partial charge in [0.25, 0.3) is 5.91 Å². The van der Waals surface area contributed by atoms with Crippen LogP contribution >= 0.6 is 0 Å². The molecule has 7 nitrogen and oxygen atoms in total. The van der Waals surface area contributed by atoms with E-state index in [0.717, 1.165) is 36.4 Å². The Morgan fingerprint density at radius 1 is 1.29 bits per heavy atom. The third-order valence-corrected chi connectivity index (χ3v) is 5.77. The highest BCUT2D eigenvalue weighted by Crippen LogP contribution is 2.29. The number of ether oxygens (including phenoxy) is 1. The predicted octanol–water partition coefficient (Wildman–Crippen LogP) is 2.61. The SMILES string of the molecule is CCC(C)c1ccccc1OCC(=O)N1CCC(c2nnc(CO)n2C)CC1. The Balaban J connectivity index is 1.54. The number of para-hydroxylation sites is 1. The zero-order chi connectivity index (χ0) is 20.1. The van der Waals surface area contributed by atoms with E-state index in [2.05, 4.69) is 30.1 Å². The molecule has 1 unspecified atom stereocenters. The van der Waals surface area contributed by atoms with Gasteiger partial charge in [0.15, 0.2) is 12.4 Å². The summed E-state index contributed by atoms with van der Waals surface area (Å²) in [6.07, 6.45) is 2.71. The topological polar surface area (TPSA) is 80.5 Å². The van der Waals surface area contributed by atoms with Crippen molar-refractivity contribution in [3.8, 4) is 5.75 Å². The van der Waals surface area contributed by atoms with Crippen molar-refractivity contribution in [3.63, 3.8) is 0 Å². The minimum absolute atomic E-state index is 0.0198. The van der Waals surface area contributed by atoms with Crippen LogP contribution in [0.2, 0.25) is 0 Å². The quantitative estimate of drug-likeness (QED) is 0.791. The second-order valence-electron chi connectivity index (χ2n) is 7.48. The third kappa shape index (κ3) is 4.35. The van der Waals surface area contributed by atoms with Crippen molar-refractivity contribution in [2.24, 2.45) is 7.05 Å². The number of aliphatic hydroxyl groups is 1. The van der Waals surface area contributed by atoms with Crippen LogP contribution in [-0.2, 0) is 18.4 Å². The van der Waals surface area contributed by atoms with Gasteiger partial charge in [-0.1, -0.05) is 32.0 Å². The number of piperidine rings is 1. The molecule has 0 aliphatic carbocycles. The van der Waals surface area contributed by atoms with Crippen molar-refractivity contribution < 1.29 is 14.6 Å². The molecule has 2 aromatic rings. The highest BCUT2D eigenvalue weighted by atomic mass is 16.5. The van der Waals surface area contributed by atoms with Gasteiger partial charge in [-0.15, -0.1) is 10.2 Å². The number of carbonyl (C=O) groups is 1. The number of amides is 1. The number of nitrogens with zero attached hydrogens (tertiary/aromatic N) is 4. The van der Waals surface area contributed by atoms with E-state index in [9.17, 15) is 9.90 Å². The van der Waals surface area contributed by atoms with Crippen LogP contribution in [0.1, 0.15) is 62.2 Å². The van der Waals surface area contributed by atoms with Crippen molar-refractivity contribution in [1.29, 1.82) is 0 Å². The number of aromatic nitrogens is 3. The molecule has 0 bridgehead atoms. The minimum Gasteiger partial charge on any atom is -0.483 e. The summed E-state index contributed by atoms with van der Waals surface area (Å²) < 4.78 is 7.74. The van der Waals surface area contributed by atoms with E-state index >= 15 is 0 Å². The van der Waals surface area contributed by atoms with E-state index in [1.807, 2.05) is 34.7 Å². The number of benzene rings is 1. The zero-order valence-electron chi connectivity index (χ0n) is 17.0. The van der Waals surface area contributed by atoms with Crippen molar-refractivity contribution in [1.82, 2.24) is 19.7 Å². The summed E-state index contributed by atoms with van der Waals surface area (Å²) in [5, 5.41) is 17.5. The highest BCUT2D eigenvalue weighted by molar-refractivity contribution is 5.78. The summed E-state index contributed by atoms with van der Waals surface area (Å²) in [6, 6.07) is 7.96. The first kappa shape index (κ1) is 20.3. The fourth-order valence-electron chi connectivity index (χ4n) is 3.73. The molecule has 1 fully saturated rings. The zero-order valence-corrected chi connectivity index (χ0v) is 17.0. The molecule has 1 aromatic carbocycles. The first-order valence-corrected chi connectivity index (χ1v) is 10.0. The van der Waals surface area contributed by atoms with Gasteiger partial charge >= 0.3 is 0 Å². The van der Waals surface area contributed by atoms with Gasteiger partial charge in [-0.05, 0) is 36.8 Å². The monoisotopic (exact) mass is 386 g/mol. The van der Waals surface area contributed by atoms with Gasteiger partial charge in [-0.3, -0.25) is 4.79 Å². The lowest BCUT2D eigenvalue weighted by atomic mass is 9.96. The largest absolute Gasteiger partial charge is 0.483 e. The van der Waals surface area contributed by atoms with Crippen LogP contribution in [0.15, 0.2) is 24.3 Å². The lowest BCUT2D eigenvalue weighted by Gasteiger charge is -2.31. The lowest BCUT2D eigenvalue weighted by molar-refractivity contribution is -0.134. The van der Waals surface area contributed by atoms with Crippen LogP contribution in [0.4, 0.5) is 0 Å². The van der Waals surface area contributed by atoms with Gasteiger partial charge in [-0.25, -0.2) is 0 Å². The molecular weight excluding hydrogens is 356 g/mol. The fraction of sp³-hybridized carbons (Fsp3) is 0.571. The standard InChI is InChI=1S/C21H30N4O3/c1-4-15(2)17-7-5-6-8-18(17)28-14-20(27)25-11-9-16(10-12-25)21-23-22-19(13-26)24(21)3/h5-8,15-16,26H,4,9-14H2,1-3H3. The average molecular weight is 386 g/mol. The molecule has 1 saturated heterocycles. The van der Waals surface area contributed by atoms with Gasteiger partial charge in [-0.2, -0.15) is 0 Å². The Morgan fingerprint density at radius 3 is 2.64 bits per heavy atom. The molecule has 0 spiro atoms. The summed E-state index contributed by atoms with van der Waals surface area (Å²) in [6.45, 7) is 5.64. The number of carbonyl (C=O) groups excluding carboxylic acids is 1. The Kier molecular flexibility index (Phi) is 6.67. The van der Waals surface area contributed by atoms with Crippen LogP contribution in [0.3, 0.4) is 0 Å². The first-order valence-electron chi connectivity index (χ1n) is 10.0. The van der Waals surface area contributed by atoms with Crippen LogP contribution in [-0.4, -0.2) is 50.4 Å². The van der Waals surface area contributed by atoms with Crippen LogP contribution in [0.5, 0.6) is 5.75 Å². The maximum atomic E-state index is 12.6. The summed E-state index contributed by atoms with van der Waals surface area (Å²) in [7, 11) is 1.88. The van der Waals surface area contributed by atoms with Gasteiger partial charge in [0, 0.05) is 26.1 Å². The van der Waals surface area contributed by atoms with E-state index < -0.39 is 0 Å². The maximum absolute atomic E-state index is 12.6.